The number of carbonyl (C=O) groups excluding carboxylic acids is 3. The Morgan fingerprint density at radius 3 is 2.69 bits per heavy atom. The quantitative estimate of drug-likeness (QED) is 0.824. The van der Waals surface area contributed by atoms with Gasteiger partial charge in [0.1, 0.15) is 5.75 Å². The zero-order valence-electron chi connectivity index (χ0n) is 16.9. The first-order chi connectivity index (χ1) is 14.0. The fourth-order valence-electron chi connectivity index (χ4n) is 4.26. The van der Waals surface area contributed by atoms with E-state index in [4.69, 9.17) is 4.74 Å². The Balaban J connectivity index is 1.31. The molecule has 2 saturated heterocycles. The minimum absolute atomic E-state index is 0.00280. The second-order valence-corrected chi connectivity index (χ2v) is 8.05. The SMILES string of the molecule is CC1CCCCN1C(=O)CN1CCN(C(=O)c2ccc3c(c2)NC(=O)CO3)CC1. The number of piperidine rings is 1. The Kier molecular flexibility index (Phi) is 5.71. The summed E-state index contributed by atoms with van der Waals surface area (Å²) >= 11 is 0. The van der Waals surface area contributed by atoms with Crippen molar-refractivity contribution < 1.29 is 19.1 Å². The third kappa shape index (κ3) is 4.37. The predicted octanol–water partition coefficient (Wildman–Crippen LogP) is 1.18. The van der Waals surface area contributed by atoms with E-state index in [9.17, 15) is 14.4 Å². The monoisotopic (exact) mass is 400 g/mol. The second-order valence-electron chi connectivity index (χ2n) is 8.05. The number of carbonyl (C=O) groups is 3. The highest BCUT2D eigenvalue weighted by Crippen LogP contribution is 2.29. The lowest BCUT2D eigenvalue weighted by atomic mass is 10.0. The van der Waals surface area contributed by atoms with Gasteiger partial charge < -0.3 is 19.9 Å². The molecule has 2 fully saturated rings. The number of hydrogen-bond donors (Lipinski definition) is 1. The molecule has 29 heavy (non-hydrogen) atoms. The van der Waals surface area contributed by atoms with Crippen molar-refractivity contribution in [2.24, 2.45) is 0 Å². The average molecular weight is 400 g/mol. The first-order valence-corrected chi connectivity index (χ1v) is 10.4. The molecular formula is C21H28N4O4. The van der Waals surface area contributed by atoms with Crippen LogP contribution in [0.4, 0.5) is 5.69 Å². The van der Waals surface area contributed by atoms with E-state index in [1.165, 1.54) is 6.42 Å². The van der Waals surface area contributed by atoms with Gasteiger partial charge in [-0.3, -0.25) is 19.3 Å². The van der Waals surface area contributed by atoms with Gasteiger partial charge in [-0.25, -0.2) is 0 Å². The molecule has 0 radical (unpaired) electrons. The van der Waals surface area contributed by atoms with E-state index >= 15 is 0 Å². The maximum Gasteiger partial charge on any atom is 0.262 e. The summed E-state index contributed by atoms with van der Waals surface area (Å²) in [5.41, 5.74) is 1.06. The van der Waals surface area contributed by atoms with Crippen LogP contribution in [0.25, 0.3) is 0 Å². The molecular weight excluding hydrogens is 372 g/mol. The zero-order valence-corrected chi connectivity index (χ0v) is 16.9. The molecule has 1 aromatic carbocycles. The molecule has 8 heteroatoms. The summed E-state index contributed by atoms with van der Waals surface area (Å²) < 4.78 is 5.34. The predicted molar refractivity (Wildman–Crippen MR) is 108 cm³/mol. The first-order valence-electron chi connectivity index (χ1n) is 10.4. The van der Waals surface area contributed by atoms with Gasteiger partial charge in [0.25, 0.3) is 11.8 Å². The third-order valence-corrected chi connectivity index (χ3v) is 6.00. The Hall–Kier alpha value is -2.61. The van der Waals surface area contributed by atoms with Gasteiger partial charge in [-0.05, 0) is 44.4 Å². The van der Waals surface area contributed by atoms with Crippen LogP contribution >= 0.6 is 0 Å². The normalized spacial score (nSPS) is 22.5. The number of nitrogens with one attached hydrogen (secondary N) is 1. The molecule has 3 heterocycles. The number of anilines is 1. The van der Waals surface area contributed by atoms with Crippen molar-refractivity contribution in [2.75, 3.05) is 51.2 Å². The number of hydrogen-bond acceptors (Lipinski definition) is 5. The molecule has 0 bridgehead atoms. The van der Waals surface area contributed by atoms with E-state index in [1.807, 2.05) is 4.90 Å². The van der Waals surface area contributed by atoms with E-state index in [0.717, 1.165) is 19.4 Å². The van der Waals surface area contributed by atoms with Crippen LogP contribution in [0.1, 0.15) is 36.5 Å². The molecule has 3 aliphatic heterocycles. The fourth-order valence-corrected chi connectivity index (χ4v) is 4.26. The second kappa shape index (κ2) is 8.41. The van der Waals surface area contributed by atoms with E-state index < -0.39 is 0 Å². The molecule has 1 aromatic rings. The summed E-state index contributed by atoms with van der Waals surface area (Å²) in [6.45, 7) is 5.95. The molecule has 3 aliphatic rings. The highest BCUT2D eigenvalue weighted by Gasteiger charge is 2.28. The summed E-state index contributed by atoms with van der Waals surface area (Å²) in [7, 11) is 0. The Labute approximate surface area is 170 Å². The van der Waals surface area contributed by atoms with E-state index in [1.54, 1.807) is 23.1 Å². The number of benzene rings is 1. The highest BCUT2D eigenvalue weighted by atomic mass is 16.5. The molecule has 1 N–H and O–H groups in total. The Morgan fingerprint density at radius 1 is 1.14 bits per heavy atom. The minimum atomic E-state index is -0.219. The van der Waals surface area contributed by atoms with Gasteiger partial charge >= 0.3 is 0 Å². The number of likely N-dealkylation sites (tertiary alicyclic amines) is 1. The van der Waals surface area contributed by atoms with Crippen molar-refractivity contribution in [2.45, 2.75) is 32.2 Å². The summed E-state index contributed by atoms with van der Waals surface area (Å²) in [6, 6.07) is 5.44. The average Bonchev–Trinajstić information content (AvgIpc) is 2.73. The molecule has 0 aromatic heterocycles. The summed E-state index contributed by atoms with van der Waals surface area (Å²) in [6.07, 6.45) is 3.37. The van der Waals surface area contributed by atoms with Crippen LogP contribution < -0.4 is 10.1 Å². The lowest BCUT2D eigenvalue weighted by Gasteiger charge is -2.38. The summed E-state index contributed by atoms with van der Waals surface area (Å²) in [5, 5.41) is 2.74. The molecule has 8 nitrogen and oxygen atoms in total. The van der Waals surface area contributed by atoms with Crippen LogP contribution in [-0.4, -0.2) is 84.3 Å². The van der Waals surface area contributed by atoms with Gasteiger partial charge in [-0.1, -0.05) is 0 Å². The lowest BCUT2D eigenvalue weighted by molar-refractivity contribution is -0.136. The topological polar surface area (TPSA) is 82.2 Å². The Morgan fingerprint density at radius 2 is 1.93 bits per heavy atom. The third-order valence-electron chi connectivity index (χ3n) is 6.00. The summed E-state index contributed by atoms with van der Waals surface area (Å²) in [5.74, 6) is 0.491. The minimum Gasteiger partial charge on any atom is -0.482 e. The van der Waals surface area contributed by atoms with Crippen LogP contribution in [-0.2, 0) is 9.59 Å². The van der Waals surface area contributed by atoms with Crippen molar-refractivity contribution in [1.82, 2.24) is 14.7 Å². The van der Waals surface area contributed by atoms with Crippen LogP contribution in [0, 0.1) is 0 Å². The zero-order chi connectivity index (χ0) is 20.4. The first kappa shape index (κ1) is 19.7. The number of fused-ring (bicyclic) bond motifs is 1. The number of piperazine rings is 1. The van der Waals surface area contributed by atoms with E-state index in [-0.39, 0.29) is 24.3 Å². The van der Waals surface area contributed by atoms with Gasteiger partial charge in [0, 0.05) is 44.3 Å². The van der Waals surface area contributed by atoms with E-state index in [0.29, 0.717) is 55.8 Å². The molecule has 0 spiro atoms. The van der Waals surface area contributed by atoms with Crippen LogP contribution in [0.5, 0.6) is 5.75 Å². The maximum absolute atomic E-state index is 12.9. The number of ether oxygens (including phenoxy) is 1. The largest absolute Gasteiger partial charge is 0.482 e. The molecule has 0 saturated carbocycles. The van der Waals surface area contributed by atoms with Crippen LogP contribution in [0.15, 0.2) is 18.2 Å². The Bertz CT molecular complexity index is 804. The lowest BCUT2D eigenvalue weighted by Crippen LogP contribution is -2.53. The van der Waals surface area contributed by atoms with Crippen LogP contribution in [0.2, 0.25) is 0 Å². The van der Waals surface area contributed by atoms with Gasteiger partial charge in [0.15, 0.2) is 6.61 Å². The van der Waals surface area contributed by atoms with Gasteiger partial charge in [-0.2, -0.15) is 0 Å². The summed E-state index contributed by atoms with van der Waals surface area (Å²) in [4.78, 5) is 42.9. The van der Waals surface area contributed by atoms with E-state index in [2.05, 4.69) is 17.1 Å². The smallest absolute Gasteiger partial charge is 0.262 e. The highest BCUT2D eigenvalue weighted by molar-refractivity contribution is 5.99. The number of rotatable bonds is 3. The van der Waals surface area contributed by atoms with Crippen molar-refractivity contribution in [3.8, 4) is 5.75 Å². The van der Waals surface area contributed by atoms with Crippen LogP contribution in [0.3, 0.4) is 0 Å². The van der Waals surface area contributed by atoms with Crippen molar-refractivity contribution in [3.63, 3.8) is 0 Å². The van der Waals surface area contributed by atoms with Gasteiger partial charge in [-0.15, -0.1) is 0 Å². The van der Waals surface area contributed by atoms with Gasteiger partial charge in [0.2, 0.25) is 5.91 Å². The molecule has 1 unspecified atom stereocenters. The molecule has 4 rings (SSSR count). The fraction of sp³-hybridized carbons (Fsp3) is 0.571. The van der Waals surface area contributed by atoms with Crippen molar-refractivity contribution in [1.29, 1.82) is 0 Å². The number of nitrogens with zero attached hydrogens (tertiary/aromatic N) is 3. The molecule has 1 atom stereocenters. The standard InChI is InChI=1S/C21H28N4O4/c1-15-4-2-3-7-25(15)20(27)13-23-8-10-24(11-9-23)21(28)16-5-6-18-17(12-16)22-19(26)14-29-18/h5-6,12,15H,2-4,7-11,13-14H2,1H3,(H,22,26). The number of amides is 3. The van der Waals surface area contributed by atoms with Gasteiger partial charge in [0.05, 0.1) is 12.2 Å². The van der Waals surface area contributed by atoms with Crippen molar-refractivity contribution >= 4 is 23.4 Å². The van der Waals surface area contributed by atoms with Crippen molar-refractivity contribution in [3.05, 3.63) is 23.8 Å². The molecule has 3 amide bonds. The maximum atomic E-state index is 12.9. The molecule has 0 aliphatic carbocycles. The molecule has 156 valence electrons.